The average molecular weight is 306 g/mol. The average Bonchev–Trinajstić information content (AvgIpc) is 2.53. The number of aryl methyl sites for hydroxylation is 1. The first kappa shape index (κ1) is 18.7. The lowest BCUT2D eigenvalue weighted by molar-refractivity contribution is -0.143. The quantitative estimate of drug-likeness (QED) is 0.481. The summed E-state index contributed by atoms with van der Waals surface area (Å²) in [5.41, 5.74) is 2.19. The van der Waals surface area contributed by atoms with Crippen molar-refractivity contribution in [1.82, 2.24) is 0 Å². The molecule has 0 amide bonds. The molecule has 1 unspecified atom stereocenters. The molecule has 0 aliphatic rings. The van der Waals surface area contributed by atoms with E-state index in [2.05, 4.69) is 19.1 Å². The van der Waals surface area contributed by atoms with Crippen LogP contribution < -0.4 is 0 Å². The van der Waals surface area contributed by atoms with Gasteiger partial charge in [0.2, 0.25) is 0 Å². The molecule has 1 rings (SSSR count). The third-order valence-electron chi connectivity index (χ3n) is 3.86. The van der Waals surface area contributed by atoms with Crippen LogP contribution in [-0.4, -0.2) is 17.7 Å². The van der Waals surface area contributed by atoms with Crippen LogP contribution in [0.4, 0.5) is 0 Å². The molecule has 124 valence electrons. The minimum Gasteiger partial charge on any atom is -0.466 e. The van der Waals surface area contributed by atoms with Gasteiger partial charge in [-0.25, -0.2) is 0 Å². The number of hydrogen-bond donors (Lipinski definition) is 1. The highest BCUT2D eigenvalue weighted by Crippen LogP contribution is 2.20. The predicted octanol–water partition coefficient (Wildman–Crippen LogP) is 4.58. The Balaban J connectivity index is 2.32. The van der Waals surface area contributed by atoms with E-state index in [0.717, 1.165) is 12.0 Å². The maximum Gasteiger partial charge on any atom is 0.305 e. The lowest BCUT2D eigenvalue weighted by Crippen LogP contribution is -2.07. The van der Waals surface area contributed by atoms with Crippen LogP contribution in [0.15, 0.2) is 24.3 Å². The van der Waals surface area contributed by atoms with Gasteiger partial charge in [0.1, 0.15) is 0 Å². The number of benzene rings is 1. The fourth-order valence-corrected chi connectivity index (χ4v) is 2.49. The summed E-state index contributed by atoms with van der Waals surface area (Å²) in [6, 6.07) is 8.11. The Morgan fingerprint density at radius 2 is 1.77 bits per heavy atom. The van der Waals surface area contributed by atoms with E-state index >= 15 is 0 Å². The molecule has 0 saturated carbocycles. The van der Waals surface area contributed by atoms with Crippen molar-refractivity contribution >= 4 is 5.97 Å². The summed E-state index contributed by atoms with van der Waals surface area (Å²) in [6.45, 7) is 4.41. The van der Waals surface area contributed by atoms with Crippen molar-refractivity contribution in [3.8, 4) is 0 Å². The second kappa shape index (κ2) is 11.2. The van der Waals surface area contributed by atoms with Crippen molar-refractivity contribution in [2.75, 3.05) is 6.61 Å². The van der Waals surface area contributed by atoms with E-state index in [0.29, 0.717) is 13.0 Å². The summed E-state index contributed by atoms with van der Waals surface area (Å²) in [6.07, 6.45) is 7.61. The molecule has 1 N–H and O–H groups in total. The minimum atomic E-state index is -0.594. The molecule has 0 radical (unpaired) electrons. The number of ether oxygens (including phenoxy) is 1. The van der Waals surface area contributed by atoms with Gasteiger partial charge in [-0.3, -0.25) is 4.79 Å². The second-order valence-electron chi connectivity index (χ2n) is 5.77. The number of carbonyl (C=O) groups excluding carboxylic acids is 1. The molecular formula is C19H30O3. The third-order valence-corrected chi connectivity index (χ3v) is 3.86. The molecule has 22 heavy (non-hydrogen) atoms. The van der Waals surface area contributed by atoms with Crippen LogP contribution >= 0.6 is 0 Å². The van der Waals surface area contributed by atoms with E-state index in [4.69, 9.17) is 4.74 Å². The topological polar surface area (TPSA) is 46.5 Å². The molecule has 0 aliphatic heterocycles. The van der Waals surface area contributed by atoms with Gasteiger partial charge in [-0.1, -0.05) is 56.9 Å². The van der Waals surface area contributed by atoms with Gasteiger partial charge in [0.25, 0.3) is 0 Å². The molecule has 0 saturated heterocycles. The summed E-state index contributed by atoms with van der Waals surface area (Å²) in [7, 11) is 0. The van der Waals surface area contributed by atoms with Crippen LogP contribution in [-0.2, 0) is 16.0 Å². The number of carbonyl (C=O) groups is 1. The van der Waals surface area contributed by atoms with Crippen LogP contribution in [0.5, 0.6) is 0 Å². The Morgan fingerprint density at radius 1 is 1.09 bits per heavy atom. The lowest BCUT2D eigenvalue weighted by Gasteiger charge is -2.11. The molecular weight excluding hydrogens is 276 g/mol. The molecule has 0 spiro atoms. The van der Waals surface area contributed by atoms with Crippen molar-refractivity contribution in [1.29, 1.82) is 0 Å². The van der Waals surface area contributed by atoms with Crippen molar-refractivity contribution in [2.45, 2.75) is 71.3 Å². The number of aliphatic hydroxyl groups is 1. The largest absolute Gasteiger partial charge is 0.466 e. The Kier molecular flexibility index (Phi) is 9.56. The van der Waals surface area contributed by atoms with Gasteiger partial charge >= 0.3 is 5.97 Å². The molecule has 1 aromatic rings. The molecule has 0 fully saturated rings. The van der Waals surface area contributed by atoms with Gasteiger partial charge in [-0.2, -0.15) is 0 Å². The van der Waals surface area contributed by atoms with Crippen molar-refractivity contribution < 1.29 is 14.6 Å². The Hall–Kier alpha value is -1.35. The Bertz CT molecular complexity index is 411. The first-order chi connectivity index (χ1) is 10.7. The maximum absolute atomic E-state index is 11.3. The highest BCUT2D eigenvalue weighted by Gasteiger charge is 2.11. The van der Waals surface area contributed by atoms with Crippen LogP contribution in [0.1, 0.15) is 76.0 Å². The molecule has 0 aliphatic carbocycles. The highest BCUT2D eigenvalue weighted by molar-refractivity contribution is 5.69. The smallest absolute Gasteiger partial charge is 0.305 e. The van der Waals surface area contributed by atoms with Gasteiger partial charge in [-0.15, -0.1) is 0 Å². The van der Waals surface area contributed by atoms with E-state index in [1.165, 1.54) is 37.7 Å². The fraction of sp³-hybridized carbons (Fsp3) is 0.632. The molecule has 0 aromatic heterocycles. The Labute approximate surface area is 134 Å². The van der Waals surface area contributed by atoms with Crippen molar-refractivity contribution in [3.63, 3.8) is 0 Å². The monoisotopic (exact) mass is 306 g/mol. The van der Waals surface area contributed by atoms with E-state index in [1.54, 1.807) is 6.92 Å². The zero-order valence-electron chi connectivity index (χ0n) is 14.0. The summed E-state index contributed by atoms with van der Waals surface area (Å²) >= 11 is 0. The SMILES string of the molecule is CCCCCCCc1ccc(C(O)CCC(=O)OCC)cc1. The first-order valence-electron chi connectivity index (χ1n) is 8.59. The zero-order chi connectivity index (χ0) is 16.2. The number of hydrogen-bond acceptors (Lipinski definition) is 3. The molecule has 0 heterocycles. The lowest BCUT2D eigenvalue weighted by atomic mass is 10.0. The summed E-state index contributed by atoms with van der Waals surface area (Å²) < 4.78 is 4.87. The minimum absolute atomic E-state index is 0.245. The van der Waals surface area contributed by atoms with Crippen LogP contribution in [0, 0.1) is 0 Å². The van der Waals surface area contributed by atoms with Crippen LogP contribution in [0.2, 0.25) is 0 Å². The van der Waals surface area contributed by atoms with Crippen molar-refractivity contribution in [2.24, 2.45) is 0 Å². The van der Waals surface area contributed by atoms with Gasteiger partial charge in [0, 0.05) is 6.42 Å². The molecule has 0 bridgehead atoms. The predicted molar refractivity (Wildman–Crippen MR) is 89.7 cm³/mol. The standard InChI is InChI=1S/C19H30O3/c1-3-5-6-7-8-9-16-10-12-17(13-11-16)18(20)14-15-19(21)22-4-2/h10-13,18,20H,3-9,14-15H2,1-2H3. The number of aliphatic hydroxyl groups excluding tert-OH is 1. The van der Waals surface area contributed by atoms with Gasteiger partial charge < -0.3 is 9.84 Å². The molecule has 3 nitrogen and oxygen atoms in total. The van der Waals surface area contributed by atoms with E-state index in [-0.39, 0.29) is 12.4 Å². The highest BCUT2D eigenvalue weighted by atomic mass is 16.5. The maximum atomic E-state index is 11.3. The first-order valence-corrected chi connectivity index (χ1v) is 8.59. The molecule has 1 aromatic carbocycles. The number of rotatable bonds is 11. The fourth-order valence-electron chi connectivity index (χ4n) is 2.49. The summed E-state index contributed by atoms with van der Waals surface area (Å²) in [5, 5.41) is 10.1. The van der Waals surface area contributed by atoms with E-state index in [1.807, 2.05) is 12.1 Å². The number of esters is 1. The van der Waals surface area contributed by atoms with Crippen LogP contribution in [0.3, 0.4) is 0 Å². The van der Waals surface area contributed by atoms with Gasteiger partial charge in [-0.05, 0) is 37.3 Å². The molecule has 3 heteroatoms. The van der Waals surface area contributed by atoms with Gasteiger partial charge in [0.15, 0.2) is 0 Å². The third kappa shape index (κ3) is 7.60. The molecule has 1 atom stereocenters. The summed E-state index contributed by atoms with van der Waals surface area (Å²) in [4.78, 5) is 11.3. The van der Waals surface area contributed by atoms with Crippen molar-refractivity contribution in [3.05, 3.63) is 35.4 Å². The zero-order valence-corrected chi connectivity index (χ0v) is 14.0. The second-order valence-corrected chi connectivity index (χ2v) is 5.77. The summed E-state index contributed by atoms with van der Waals surface area (Å²) in [5.74, 6) is -0.245. The van der Waals surface area contributed by atoms with Crippen LogP contribution in [0.25, 0.3) is 0 Å². The van der Waals surface area contributed by atoms with E-state index < -0.39 is 6.10 Å². The Morgan fingerprint density at radius 3 is 2.41 bits per heavy atom. The normalized spacial score (nSPS) is 12.1. The van der Waals surface area contributed by atoms with Gasteiger partial charge in [0.05, 0.1) is 12.7 Å². The number of unbranched alkanes of at least 4 members (excludes halogenated alkanes) is 4. The van der Waals surface area contributed by atoms with E-state index in [9.17, 15) is 9.90 Å².